The number of thiazole rings is 1. The summed E-state index contributed by atoms with van der Waals surface area (Å²) in [5.41, 5.74) is 3.33. The number of hydrogen-bond acceptors (Lipinski definition) is 7. The fourth-order valence-electron chi connectivity index (χ4n) is 4.96. The van der Waals surface area contributed by atoms with Crippen molar-refractivity contribution in [2.75, 3.05) is 13.7 Å². The van der Waals surface area contributed by atoms with Gasteiger partial charge < -0.3 is 18.9 Å². The first-order chi connectivity index (χ1) is 18.1. The topological polar surface area (TPSA) is 66.9 Å². The average molecular weight is 518 g/mol. The number of ether oxygens (including phenoxy) is 4. The smallest absolute Gasteiger partial charge is 0.306 e. The van der Waals surface area contributed by atoms with Crippen LogP contribution in [0.4, 0.5) is 4.39 Å². The molecule has 0 amide bonds. The van der Waals surface area contributed by atoms with Crippen LogP contribution in [0.15, 0.2) is 66.2 Å². The van der Waals surface area contributed by atoms with Gasteiger partial charge in [-0.05, 0) is 55.3 Å². The van der Waals surface area contributed by atoms with E-state index < -0.39 is 6.10 Å². The van der Waals surface area contributed by atoms with Crippen LogP contribution in [-0.4, -0.2) is 24.7 Å². The Morgan fingerprint density at radius 2 is 1.97 bits per heavy atom. The molecule has 0 radical (unpaired) electrons. The van der Waals surface area contributed by atoms with Crippen molar-refractivity contribution in [3.05, 3.63) is 88.7 Å². The Hall–Kier alpha value is -3.91. The van der Waals surface area contributed by atoms with Gasteiger partial charge in [-0.1, -0.05) is 6.07 Å². The molecule has 6 rings (SSSR count). The van der Waals surface area contributed by atoms with Crippen molar-refractivity contribution in [3.8, 4) is 33.6 Å². The first-order valence-corrected chi connectivity index (χ1v) is 13.0. The van der Waals surface area contributed by atoms with Gasteiger partial charge in [0.1, 0.15) is 39.9 Å². The molecule has 2 aliphatic rings. The Morgan fingerprint density at radius 1 is 1.14 bits per heavy atom. The van der Waals surface area contributed by atoms with Gasteiger partial charge in [-0.2, -0.15) is 0 Å². The van der Waals surface area contributed by atoms with Crippen LogP contribution in [0.1, 0.15) is 41.6 Å². The van der Waals surface area contributed by atoms with E-state index >= 15 is 0 Å². The van der Waals surface area contributed by atoms with Crippen molar-refractivity contribution in [3.63, 3.8) is 0 Å². The number of methoxy groups -OCH3 is 1. The van der Waals surface area contributed by atoms with E-state index in [-0.39, 0.29) is 24.1 Å². The molecule has 1 aliphatic carbocycles. The lowest BCUT2D eigenvalue weighted by molar-refractivity contribution is -0.141. The summed E-state index contributed by atoms with van der Waals surface area (Å²) in [5, 5.41) is 2.89. The summed E-state index contributed by atoms with van der Waals surface area (Å²) < 4.78 is 38.0. The number of hydrogen-bond donors (Lipinski definition) is 0. The minimum atomic E-state index is -0.434. The fraction of sp³-hybridized carbons (Fsp3) is 0.241. The van der Waals surface area contributed by atoms with Crippen LogP contribution in [0, 0.1) is 5.82 Å². The zero-order valence-corrected chi connectivity index (χ0v) is 20.9. The molecule has 0 bridgehead atoms. The molecule has 8 heteroatoms. The first kappa shape index (κ1) is 23.5. The molecule has 1 unspecified atom stereocenters. The SMILES string of the molecule is COC(=O)CC1COc2cc(O[C@@H]3CCc4c(Oc5ccc(-c6nccs6)cc5)ccc(F)c43)ccc21. The van der Waals surface area contributed by atoms with Crippen LogP contribution >= 0.6 is 11.3 Å². The number of fused-ring (bicyclic) bond motifs is 2. The summed E-state index contributed by atoms with van der Waals surface area (Å²) in [5.74, 6) is 1.97. The Labute approximate surface area is 217 Å². The van der Waals surface area contributed by atoms with E-state index in [1.807, 2.05) is 47.8 Å². The Morgan fingerprint density at radius 3 is 2.76 bits per heavy atom. The normalized spacial score (nSPS) is 17.6. The molecular formula is C29H24FNO5S. The lowest BCUT2D eigenvalue weighted by Gasteiger charge is -2.17. The molecule has 2 heterocycles. The highest BCUT2D eigenvalue weighted by molar-refractivity contribution is 7.13. The van der Waals surface area contributed by atoms with Gasteiger partial charge in [-0.15, -0.1) is 11.3 Å². The van der Waals surface area contributed by atoms with E-state index in [1.165, 1.54) is 13.2 Å². The predicted molar refractivity (Wildman–Crippen MR) is 137 cm³/mol. The van der Waals surface area contributed by atoms with Crippen LogP contribution in [0.5, 0.6) is 23.0 Å². The van der Waals surface area contributed by atoms with Gasteiger partial charge in [0, 0.05) is 45.8 Å². The van der Waals surface area contributed by atoms with E-state index in [0.29, 0.717) is 48.0 Å². The van der Waals surface area contributed by atoms with Crippen molar-refractivity contribution >= 4 is 17.3 Å². The highest BCUT2D eigenvalue weighted by Crippen LogP contribution is 2.44. The second-order valence-electron chi connectivity index (χ2n) is 9.03. The number of esters is 1. The molecule has 188 valence electrons. The van der Waals surface area contributed by atoms with Gasteiger partial charge in [0.15, 0.2) is 0 Å². The summed E-state index contributed by atoms with van der Waals surface area (Å²) in [4.78, 5) is 16.0. The third-order valence-corrected chi connectivity index (χ3v) is 7.61. The van der Waals surface area contributed by atoms with E-state index in [2.05, 4.69) is 4.98 Å². The van der Waals surface area contributed by atoms with Gasteiger partial charge in [-0.3, -0.25) is 4.79 Å². The van der Waals surface area contributed by atoms with Gasteiger partial charge in [0.05, 0.1) is 20.1 Å². The quantitative estimate of drug-likeness (QED) is 0.250. The molecule has 1 aromatic heterocycles. The molecular weight excluding hydrogens is 493 g/mol. The number of carbonyl (C=O) groups excluding carboxylic acids is 1. The third kappa shape index (κ3) is 4.64. The number of aromatic nitrogens is 1. The number of rotatable bonds is 7. The minimum absolute atomic E-state index is 0.0449. The summed E-state index contributed by atoms with van der Waals surface area (Å²) in [7, 11) is 1.38. The van der Waals surface area contributed by atoms with Crippen LogP contribution in [0.2, 0.25) is 0 Å². The first-order valence-electron chi connectivity index (χ1n) is 12.1. The Kier molecular flexibility index (Phi) is 6.26. The largest absolute Gasteiger partial charge is 0.492 e. The van der Waals surface area contributed by atoms with E-state index in [4.69, 9.17) is 18.9 Å². The second kappa shape index (κ2) is 9.86. The number of carbonyl (C=O) groups is 1. The maximum Gasteiger partial charge on any atom is 0.306 e. The van der Waals surface area contributed by atoms with Gasteiger partial charge >= 0.3 is 5.97 Å². The van der Waals surface area contributed by atoms with Crippen molar-refractivity contribution in [1.29, 1.82) is 0 Å². The molecule has 0 fully saturated rings. The molecule has 1 aliphatic heterocycles. The van der Waals surface area contributed by atoms with E-state index in [9.17, 15) is 9.18 Å². The molecule has 37 heavy (non-hydrogen) atoms. The molecule has 0 saturated carbocycles. The molecule has 2 atom stereocenters. The molecule has 0 N–H and O–H groups in total. The number of halogens is 1. The average Bonchev–Trinajstić information content (AvgIpc) is 3.67. The van der Waals surface area contributed by atoms with Crippen LogP contribution in [0.25, 0.3) is 10.6 Å². The van der Waals surface area contributed by atoms with E-state index in [1.54, 1.807) is 23.6 Å². The summed E-state index contributed by atoms with van der Waals surface area (Å²) in [6, 6.07) is 16.4. The third-order valence-electron chi connectivity index (χ3n) is 6.78. The molecule has 6 nitrogen and oxygen atoms in total. The predicted octanol–water partition coefficient (Wildman–Crippen LogP) is 6.85. The lowest BCUT2D eigenvalue weighted by atomic mass is 9.98. The highest BCUT2D eigenvalue weighted by atomic mass is 32.1. The summed E-state index contributed by atoms with van der Waals surface area (Å²) >= 11 is 1.58. The van der Waals surface area contributed by atoms with Crippen LogP contribution < -0.4 is 14.2 Å². The van der Waals surface area contributed by atoms with Gasteiger partial charge in [0.2, 0.25) is 0 Å². The van der Waals surface area contributed by atoms with Crippen LogP contribution in [-0.2, 0) is 16.0 Å². The molecule has 0 saturated heterocycles. The van der Waals surface area contributed by atoms with Crippen molar-refractivity contribution in [1.82, 2.24) is 4.98 Å². The maximum atomic E-state index is 15.0. The standard InChI is InChI=1S/C29H24FNO5S/c1-33-27(32)14-18-16-34-26-15-20(6-7-21(18)26)36-25-10-8-22-24(11-9-23(30)28(22)25)35-19-4-2-17(3-5-19)29-31-12-13-37-29/h2-7,9,11-13,15,18,25H,8,10,14,16H2,1H3/t18?,25-/m1/s1. The van der Waals surface area contributed by atoms with Crippen LogP contribution in [0.3, 0.4) is 0 Å². The fourth-order valence-corrected chi connectivity index (χ4v) is 5.61. The highest BCUT2D eigenvalue weighted by Gasteiger charge is 2.32. The lowest BCUT2D eigenvalue weighted by Crippen LogP contribution is -2.09. The Bertz CT molecular complexity index is 1440. The van der Waals surface area contributed by atoms with Crippen molar-refractivity contribution in [2.24, 2.45) is 0 Å². The molecule has 4 aromatic rings. The molecule has 3 aromatic carbocycles. The van der Waals surface area contributed by atoms with E-state index in [0.717, 1.165) is 21.7 Å². The monoisotopic (exact) mass is 517 g/mol. The number of nitrogens with zero attached hydrogens (tertiary/aromatic N) is 1. The summed E-state index contributed by atoms with van der Waals surface area (Å²) in [6.07, 6.45) is 2.89. The van der Waals surface area contributed by atoms with Crippen molar-refractivity contribution < 1.29 is 28.1 Å². The number of benzene rings is 3. The Balaban J connectivity index is 1.19. The van der Waals surface area contributed by atoms with Gasteiger partial charge in [0.25, 0.3) is 0 Å². The maximum absolute atomic E-state index is 15.0. The zero-order chi connectivity index (χ0) is 25.4. The van der Waals surface area contributed by atoms with Crippen molar-refractivity contribution in [2.45, 2.75) is 31.3 Å². The zero-order valence-electron chi connectivity index (χ0n) is 20.1. The summed E-state index contributed by atoms with van der Waals surface area (Å²) in [6.45, 7) is 0.417. The minimum Gasteiger partial charge on any atom is -0.492 e. The molecule has 0 spiro atoms. The second-order valence-corrected chi connectivity index (χ2v) is 9.93. The van der Waals surface area contributed by atoms with Gasteiger partial charge in [-0.25, -0.2) is 9.37 Å².